The molecule has 0 aliphatic rings. The SMILES string of the molecule is Cc1cnc(SCC(O)COc2c(C)cccc2C)nc1. The summed E-state index contributed by atoms with van der Waals surface area (Å²) in [7, 11) is 0. The molecule has 4 nitrogen and oxygen atoms in total. The van der Waals surface area contributed by atoms with Gasteiger partial charge in [0.05, 0.1) is 6.10 Å². The minimum Gasteiger partial charge on any atom is -0.490 e. The van der Waals surface area contributed by atoms with Crippen LogP contribution in [-0.2, 0) is 0 Å². The number of aromatic nitrogens is 2. The first-order valence-corrected chi connectivity index (χ1v) is 7.83. The molecule has 0 bridgehead atoms. The number of rotatable bonds is 6. The third-order valence-electron chi connectivity index (χ3n) is 2.99. The van der Waals surface area contributed by atoms with E-state index in [1.807, 2.05) is 39.0 Å². The first kappa shape index (κ1) is 15.8. The highest BCUT2D eigenvalue weighted by Crippen LogP contribution is 2.23. The lowest BCUT2D eigenvalue weighted by Crippen LogP contribution is -2.20. The van der Waals surface area contributed by atoms with E-state index in [1.165, 1.54) is 11.8 Å². The molecule has 0 spiro atoms. The highest BCUT2D eigenvalue weighted by Gasteiger charge is 2.10. The van der Waals surface area contributed by atoms with Gasteiger partial charge in [-0.15, -0.1) is 0 Å². The summed E-state index contributed by atoms with van der Waals surface area (Å²) in [6.07, 6.45) is 2.99. The zero-order chi connectivity index (χ0) is 15.2. The number of nitrogens with zero attached hydrogens (tertiary/aromatic N) is 2. The van der Waals surface area contributed by atoms with E-state index in [0.717, 1.165) is 22.4 Å². The van der Waals surface area contributed by atoms with Gasteiger partial charge in [0, 0.05) is 18.1 Å². The maximum absolute atomic E-state index is 10.0. The summed E-state index contributed by atoms with van der Waals surface area (Å²) < 4.78 is 5.73. The van der Waals surface area contributed by atoms with Crippen molar-refractivity contribution in [2.45, 2.75) is 32.0 Å². The zero-order valence-electron chi connectivity index (χ0n) is 12.5. The van der Waals surface area contributed by atoms with Crippen LogP contribution < -0.4 is 4.74 Å². The van der Waals surface area contributed by atoms with Gasteiger partial charge in [-0.25, -0.2) is 9.97 Å². The first-order chi connectivity index (χ1) is 10.1. The Labute approximate surface area is 129 Å². The Morgan fingerprint density at radius 3 is 2.38 bits per heavy atom. The lowest BCUT2D eigenvalue weighted by Gasteiger charge is -2.15. The maximum atomic E-state index is 10.0. The number of benzene rings is 1. The van der Waals surface area contributed by atoms with Gasteiger partial charge in [0.25, 0.3) is 0 Å². The van der Waals surface area contributed by atoms with Crippen LogP contribution in [0.5, 0.6) is 5.75 Å². The topological polar surface area (TPSA) is 55.2 Å². The zero-order valence-corrected chi connectivity index (χ0v) is 13.4. The predicted octanol–water partition coefficient (Wildman–Crippen LogP) is 2.93. The largest absolute Gasteiger partial charge is 0.490 e. The van der Waals surface area contributed by atoms with Crippen molar-refractivity contribution in [2.75, 3.05) is 12.4 Å². The first-order valence-electron chi connectivity index (χ1n) is 6.85. The van der Waals surface area contributed by atoms with Crippen LogP contribution in [0.1, 0.15) is 16.7 Å². The fraction of sp³-hybridized carbons (Fsp3) is 0.375. The third kappa shape index (κ3) is 4.72. The summed E-state index contributed by atoms with van der Waals surface area (Å²) in [4.78, 5) is 8.39. The van der Waals surface area contributed by atoms with Gasteiger partial charge in [0.2, 0.25) is 0 Å². The number of para-hydroxylation sites is 1. The molecule has 2 aromatic rings. The Kier molecular flexibility index (Phi) is 5.59. The van der Waals surface area contributed by atoms with Crippen molar-refractivity contribution in [2.24, 2.45) is 0 Å². The minimum absolute atomic E-state index is 0.268. The summed E-state index contributed by atoms with van der Waals surface area (Å²) in [5.74, 6) is 1.36. The van der Waals surface area contributed by atoms with Gasteiger partial charge in [-0.1, -0.05) is 30.0 Å². The van der Waals surface area contributed by atoms with Gasteiger partial charge >= 0.3 is 0 Å². The van der Waals surface area contributed by atoms with E-state index in [1.54, 1.807) is 12.4 Å². The Balaban J connectivity index is 1.82. The standard InChI is InChI=1S/C16H20N2O2S/c1-11-7-17-16(18-8-11)21-10-14(19)9-20-15-12(2)5-4-6-13(15)3/h4-8,14,19H,9-10H2,1-3H3. The van der Waals surface area contributed by atoms with Crippen molar-refractivity contribution in [3.63, 3.8) is 0 Å². The molecule has 0 radical (unpaired) electrons. The molecule has 1 atom stereocenters. The fourth-order valence-corrected chi connectivity index (χ4v) is 2.57. The van der Waals surface area contributed by atoms with Crippen molar-refractivity contribution in [1.29, 1.82) is 0 Å². The number of ether oxygens (including phenoxy) is 1. The molecule has 1 N–H and O–H groups in total. The molecule has 0 aliphatic carbocycles. The summed E-state index contributed by atoms with van der Waals surface area (Å²) in [6, 6.07) is 6.01. The van der Waals surface area contributed by atoms with Crippen molar-refractivity contribution >= 4 is 11.8 Å². The number of hydrogen-bond donors (Lipinski definition) is 1. The van der Waals surface area contributed by atoms with Crippen molar-refractivity contribution in [3.05, 3.63) is 47.3 Å². The number of aliphatic hydroxyl groups is 1. The molecule has 2 rings (SSSR count). The molecule has 1 heterocycles. The molecule has 1 aromatic heterocycles. The fourth-order valence-electron chi connectivity index (χ4n) is 1.88. The van der Waals surface area contributed by atoms with Crippen LogP contribution in [0.25, 0.3) is 0 Å². The molecule has 5 heteroatoms. The maximum Gasteiger partial charge on any atom is 0.187 e. The van der Waals surface area contributed by atoms with Gasteiger partial charge in [0.1, 0.15) is 12.4 Å². The van der Waals surface area contributed by atoms with E-state index in [-0.39, 0.29) is 6.61 Å². The average molecular weight is 304 g/mol. The molecule has 1 unspecified atom stereocenters. The molecule has 0 fully saturated rings. The molecule has 0 saturated heterocycles. The van der Waals surface area contributed by atoms with Crippen LogP contribution in [-0.4, -0.2) is 33.5 Å². The molecule has 21 heavy (non-hydrogen) atoms. The summed E-state index contributed by atoms with van der Waals surface area (Å²) >= 11 is 1.43. The van der Waals surface area contributed by atoms with Crippen LogP contribution in [0.3, 0.4) is 0 Å². The molecular weight excluding hydrogens is 284 g/mol. The monoisotopic (exact) mass is 304 g/mol. The van der Waals surface area contributed by atoms with E-state index < -0.39 is 6.10 Å². The molecule has 0 aliphatic heterocycles. The van der Waals surface area contributed by atoms with Crippen molar-refractivity contribution in [3.8, 4) is 5.75 Å². The highest BCUT2D eigenvalue weighted by atomic mass is 32.2. The van der Waals surface area contributed by atoms with Gasteiger partial charge < -0.3 is 9.84 Å². The normalized spacial score (nSPS) is 12.2. The van der Waals surface area contributed by atoms with Crippen molar-refractivity contribution < 1.29 is 9.84 Å². The average Bonchev–Trinajstić information content (AvgIpc) is 2.46. The van der Waals surface area contributed by atoms with Crippen LogP contribution in [0.15, 0.2) is 35.7 Å². The van der Waals surface area contributed by atoms with Crippen LogP contribution in [0.2, 0.25) is 0 Å². The van der Waals surface area contributed by atoms with Crippen LogP contribution in [0.4, 0.5) is 0 Å². The number of aryl methyl sites for hydroxylation is 3. The second-order valence-corrected chi connectivity index (χ2v) is 6.03. The van der Waals surface area contributed by atoms with Crippen molar-refractivity contribution in [1.82, 2.24) is 9.97 Å². The molecular formula is C16H20N2O2S. The molecule has 112 valence electrons. The summed E-state index contributed by atoms with van der Waals surface area (Å²) in [5, 5.41) is 10.7. The van der Waals surface area contributed by atoms with E-state index in [0.29, 0.717) is 10.9 Å². The second-order valence-electron chi connectivity index (χ2n) is 5.04. The summed E-state index contributed by atoms with van der Waals surface area (Å²) in [5.41, 5.74) is 3.19. The predicted molar refractivity (Wildman–Crippen MR) is 84.9 cm³/mol. The Bertz CT molecular complexity index is 567. The number of aliphatic hydroxyl groups excluding tert-OH is 1. The van der Waals surface area contributed by atoms with Gasteiger partial charge in [-0.05, 0) is 37.5 Å². The lowest BCUT2D eigenvalue weighted by atomic mass is 10.1. The third-order valence-corrected chi connectivity index (χ3v) is 4.01. The van der Waals surface area contributed by atoms with E-state index in [9.17, 15) is 5.11 Å². The molecule has 0 saturated carbocycles. The van der Waals surface area contributed by atoms with E-state index in [4.69, 9.17) is 4.74 Å². The Morgan fingerprint density at radius 1 is 1.14 bits per heavy atom. The Morgan fingerprint density at radius 2 is 1.76 bits per heavy atom. The number of hydrogen-bond acceptors (Lipinski definition) is 5. The highest BCUT2D eigenvalue weighted by molar-refractivity contribution is 7.99. The van der Waals surface area contributed by atoms with Gasteiger partial charge in [-0.3, -0.25) is 0 Å². The van der Waals surface area contributed by atoms with Crippen LogP contribution in [0, 0.1) is 20.8 Å². The molecule has 0 amide bonds. The summed E-state index contributed by atoms with van der Waals surface area (Å²) in [6.45, 7) is 6.22. The second kappa shape index (κ2) is 7.43. The lowest BCUT2D eigenvalue weighted by molar-refractivity contribution is 0.125. The number of thioether (sulfide) groups is 1. The van der Waals surface area contributed by atoms with E-state index >= 15 is 0 Å². The Hall–Kier alpha value is -1.59. The smallest absolute Gasteiger partial charge is 0.187 e. The molecule has 1 aromatic carbocycles. The van der Waals surface area contributed by atoms with Gasteiger partial charge in [0.15, 0.2) is 5.16 Å². The minimum atomic E-state index is -0.557. The van der Waals surface area contributed by atoms with E-state index in [2.05, 4.69) is 9.97 Å². The quantitative estimate of drug-likeness (QED) is 0.657. The van der Waals surface area contributed by atoms with Crippen LogP contribution >= 0.6 is 11.8 Å². The van der Waals surface area contributed by atoms with Gasteiger partial charge in [-0.2, -0.15) is 0 Å².